The van der Waals surface area contributed by atoms with Gasteiger partial charge in [-0.1, -0.05) is 60.7 Å². The van der Waals surface area contributed by atoms with Gasteiger partial charge < -0.3 is 9.64 Å². The summed E-state index contributed by atoms with van der Waals surface area (Å²) in [6.07, 6.45) is 3.07. The lowest BCUT2D eigenvalue weighted by molar-refractivity contribution is -0.135. The first-order valence-corrected chi connectivity index (χ1v) is 9.08. The summed E-state index contributed by atoms with van der Waals surface area (Å²) in [5, 5.41) is 4.18. The smallest absolute Gasteiger partial charge is 0.341 e. The molecule has 0 radical (unpaired) electrons. The second-order valence-corrected chi connectivity index (χ2v) is 6.58. The standard InChI is InChI=1S/C22H23N3O3/c1-17(19-11-7-4-8-12-19)24(2)21(26)16-28-22(27)20-13-23-25(15-20)14-18-9-5-3-6-10-18/h3-13,15,17H,14,16H2,1-2H3. The molecule has 28 heavy (non-hydrogen) atoms. The van der Waals surface area contributed by atoms with E-state index < -0.39 is 5.97 Å². The topological polar surface area (TPSA) is 64.4 Å². The Bertz CT molecular complexity index is 922. The van der Waals surface area contributed by atoms with Crippen molar-refractivity contribution in [2.24, 2.45) is 0 Å². The average molecular weight is 377 g/mol. The van der Waals surface area contributed by atoms with Gasteiger partial charge in [-0.15, -0.1) is 0 Å². The van der Waals surface area contributed by atoms with Crippen LogP contribution < -0.4 is 0 Å². The number of ether oxygens (including phenoxy) is 1. The highest BCUT2D eigenvalue weighted by atomic mass is 16.5. The first-order chi connectivity index (χ1) is 13.5. The Balaban J connectivity index is 1.53. The fourth-order valence-electron chi connectivity index (χ4n) is 2.81. The summed E-state index contributed by atoms with van der Waals surface area (Å²) in [5.41, 5.74) is 2.42. The van der Waals surface area contributed by atoms with Gasteiger partial charge in [0.15, 0.2) is 6.61 Å². The second-order valence-electron chi connectivity index (χ2n) is 6.58. The van der Waals surface area contributed by atoms with E-state index in [4.69, 9.17) is 4.74 Å². The molecule has 0 saturated heterocycles. The van der Waals surface area contributed by atoms with E-state index in [2.05, 4.69) is 5.10 Å². The molecule has 144 valence electrons. The van der Waals surface area contributed by atoms with Crippen molar-refractivity contribution >= 4 is 11.9 Å². The van der Waals surface area contributed by atoms with E-state index in [1.165, 1.54) is 6.20 Å². The maximum atomic E-state index is 12.4. The first kappa shape index (κ1) is 19.4. The maximum absolute atomic E-state index is 12.4. The lowest BCUT2D eigenvalue weighted by Gasteiger charge is -2.25. The first-order valence-electron chi connectivity index (χ1n) is 9.08. The van der Waals surface area contributed by atoms with Crippen LogP contribution in [0.3, 0.4) is 0 Å². The van der Waals surface area contributed by atoms with Crippen LogP contribution in [-0.4, -0.2) is 40.2 Å². The van der Waals surface area contributed by atoms with Gasteiger partial charge >= 0.3 is 5.97 Å². The van der Waals surface area contributed by atoms with Crippen LogP contribution in [0.2, 0.25) is 0 Å². The minimum atomic E-state index is -0.562. The van der Waals surface area contributed by atoms with Gasteiger partial charge in [-0.3, -0.25) is 9.48 Å². The average Bonchev–Trinajstić information content (AvgIpc) is 3.20. The van der Waals surface area contributed by atoms with E-state index >= 15 is 0 Å². The molecule has 0 N–H and O–H groups in total. The molecule has 1 aromatic heterocycles. The Morgan fingerprint density at radius 3 is 2.39 bits per heavy atom. The maximum Gasteiger partial charge on any atom is 0.341 e. The molecular weight excluding hydrogens is 354 g/mol. The fourth-order valence-corrected chi connectivity index (χ4v) is 2.81. The Hall–Kier alpha value is -3.41. The molecule has 0 saturated carbocycles. The molecule has 0 bridgehead atoms. The molecule has 0 aliphatic heterocycles. The van der Waals surface area contributed by atoms with Crippen molar-refractivity contribution in [3.05, 3.63) is 89.7 Å². The molecule has 1 amide bonds. The number of likely N-dealkylation sites (N-methyl/N-ethyl adjacent to an activating group) is 1. The van der Waals surface area contributed by atoms with Crippen molar-refractivity contribution in [2.75, 3.05) is 13.7 Å². The number of nitrogens with zero attached hydrogens (tertiary/aromatic N) is 3. The predicted octanol–water partition coefficient (Wildman–Crippen LogP) is 3.31. The molecule has 3 aromatic rings. The highest BCUT2D eigenvalue weighted by Gasteiger charge is 2.19. The Morgan fingerprint density at radius 1 is 1.07 bits per heavy atom. The number of rotatable bonds is 7. The zero-order chi connectivity index (χ0) is 19.9. The highest BCUT2D eigenvalue weighted by Crippen LogP contribution is 2.18. The largest absolute Gasteiger partial charge is 0.452 e. The summed E-state index contributed by atoms with van der Waals surface area (Å²) >= 11 is 0. The quantitative estimate of drug-likeness (QED) is 0.593. The molecule has 1 unspecified atom stereocenters. The van der Waals surface area contributed by atoms with Gasteiger partial charge in [-0.25, -0.2) is 4.79 Å². The van der Waals surface area contributed by atoms with E-state index in [1.807, 2.05) is 67.6 Å². The lowest BCUT2D eigenvalue weighted by atomic mass is 10.1. The molecule has 3 rings (SSSR count). The van der Waals surface area contributed by atoms with Crippen molar-refractivity contribution < 1.29 is 14.3 Å². The number of amides is 1. The lowest BCUT2D eigenvalue weighted by Crippen LogP contribution is -2.33. The molecule has 6 nitrogen and oxygen atoms in total. The minimum absolute atomic E-state index is 0.110. The minimum Gasteiger partial charge on any atom is -0.452 e. The van der Waals surface area contributed by atoms with Gasteiger partial charge in [0.2, 0.25) is 0 Å². The number of aromatic nitrogens is 2. The molecule has 6 heteroatoms. The van der Waals surface area contributed by atoms with E-state index in [9.17, 15) is 9.59 Å². The zero-order valence-electron chi connectivity index (χ0n) is 16.0. The molecular formula is C22H23N3O3. The van der Waals surface area contributed by atoms with Crippen LogP contribution in [0.15, 0.2) is 73.1 Å². The van der Waals surface area contributed by atoms with Crippen molar-refractivity contribution in [1.29, 1.82) is 0 Å². The molecule has 2 aromatic carbocycles. The number of benzene rings is 2. The summed E-state index contributed by atoms with van der Waals surface area (Å²) < 4.78 is 6.84. The summed E-state index contributed by atoms with van der Waals surface area (Å²) in [6, 6.07) is 19.4. The summed E-state index contributed by atoms with van der Waals surface area (Å²) in [4.78, 5) is 26.2. The van der Waals surface area contributed by atoms with Crippen LogP contribution in [0.5, 0.6) is 0 Å². The Labute approximate surface area is 164 Å². The summed E-state index contributed by atoms with van der Waals surface area (Å²) in [5.74, 6) is -0.824. The Morgan fingerprint density at radius 2 is 1.71 bits per heavy atom. The molecule has 1 heterocycles. The van der Waals surface area contributed by atoms with Crippen molar-refractivity contribution in [2.45, 2.75) is 19.5 Å². The predicted molar refractivity (Wildman–Crippen MR) is 106 cm³/mol. The van der Waals surface area contributed by atoms with Crippen molar-refractivity contribution in [3.8, 4) is 0 Å². The normalized spacial score (nSPS) is 11.6. The third-order valence-electron chi connectivity index (χ3n) is 4.64. The highest BCUT2D eigenvalue weighted by molar-refractivity contribution is 5.90. The van der Waals surface area contributed by atoms with Crippen LogP contribution in [0.1, 0.15) is 34.5 Å². The SMILES string of the molecule is CC(c1ccccc1)N(C)C(=O)COC(=O)c1cnn(Cc2ccccc2)c1. The number of carbonyl (C=O) groups is 2. The van der Waals surface area contributed by atoms with E-state index in [1.54, 1.807) is 22.8 Å². The van der Waals surface area contributed by atoms with Crippen molar-refractivity contribution in [3.63, 3.8) is 0 Å². The number of hydrogen-bond donors (Lipinski definition) is 0. The van der Waals surface area contributed by atoms with Crippen LogP contribution >= 0.6 is 0 Å². The third-order valence-corrected chi connectivity index (χ3v) is 4.64. The van der Waals surface area contributed by atoms with Crippen LogP contribution in [-0.2, 0) is 16.1 Å². The molecule has 0 spiro atoms. The van der Waals surface area contributed by atoms with Crippen LogP contribution in [0, 0.1) is 0 Å². The van der Waals surface area contributed by atoms with E-state index in [0.29, 0.717) is 12.1 Å². The van der Waals surface area contributed by atoms with Crippen molar-refractivity contribution in [1.82, 2.24) is 14.7 Å². The van der Waals surface area contributed by atoms with Gasteiger partial charge in [-0.05, 0) is 18.1 Å². The fraction of sp³-hybridized carbons (Fsp3) is 0.227. The van der Waals surface area contributed by atoms with Crippen LogP contribution in [0.4, 0.5) is 0 Å². The van der Waals surface area contributed by atoms with E-state index in [0.717, 1.165) is 11.1 Å². The molecule has 0 aliphatic carbocycles. The zero-order valence-corrected chi connectivity index (χ0v) is 16.0. The molecule has 0 fully saturated rings. The van der Waals surface area contributed by atoms with E-state index in [-0.39, 0.29) is 18.6 Å². The monoisotopic (exact) mass is 377 g/mol. The van der Waals surface area contributed by atoms with Gasteiger partial charge in [0.05, 0.1) is 24.3 Å². The summed E-state index contributed by atoms with van der Waals surface area (Å²) in [7, 11) is 1.70. The Kier molecular flexibility index (Phi) is 6.22. The van der Waals surface area contributed by atoms with Gasteiger partial charge in [0, 0.05) is 13.2 Å². The number of carbonyl (C=O) groups excluding carboxylic acids is 2. The molecule has 1 atom stereocenters. The number of esters is 1. The van der Waals surface area contributed by atoms with Gasteiger partial charge in [0.25, 0.3) is 5.91 Å². The van der Waals surface area contributed by atoms with Crippen LogP contribution in [0.25, 0.3) is 0 Å². The van der Waals surface area contributed by atoms with Gasteiger partial charge in [-0.2, -0.15) is 5.10 Å². The molecule has 0 aliphatic rings. The summed E-state index contributed by atoms with van der Waals surface area (Å²) in [6.45, 7) is 2.18. The number of hydrogen-bond acceptors (Lipinski definition) is 4. The van der Waals surface area contributed by atoms with Gasteiger partial charge in [0.1, 0.15) is 0 Å². The second kappa shape index (κ2) is 8.99. The third kappa shape index (κ3) is 4.85.